The van der Waals surface area contributed by atoms with Crippen molar-refractivity contribution in [3.63, 3.8) is 0 Å². The number of halogens is 1. The molecule has 21 heavy (non-hydrogen) atoms. The van der Waals surface area contributed by atoms with Gasteiger partial charge in [-0.1, -0.05) is 17.7 Å². The second-order valence-corrected chi connectivity index (χ2v) is 5.92. The number of aryl methyl sites for hydroxylation is 1. The zero-order valence-electron chi connectivity index (χ0n) is 11.9. The number of carbonyl (C=O) groups is 1. The molecule has 112 valence electrons. The SMILES string of the molecule is Cc1cccn2c(Cl)c(C[C@@H]3CCCCN3C(=O)O)nc12. The molecule has 1 aliphatic heterocycles. The Balaban J connectivity index is 1.92. The van der Waals surface area contributed by atoms with E-state index in [-0.39, 0.29) is 6.04 Å². The number of aromatic nitrogens is 2. The molecule has 3 rings (SSSR count). The summed E-state index contributed by atoms with van der Waals surface area (Å²) >= 11 is 6.41. The number of pyridine rings is 1. The van der Waals surface area contributed by atoms with Gasteiger partial charge in [0, 0.05) is 25.2 Å². The second-order valence-electron chi connectivity index (χ2n) is 5.56. The summed E-state index contributed by atoms with van der Waals surface area (Å²) in [7, 11) is 0. The number of piperidine rings is 1. The molecule has 1 amide bonds. The van der Waals surface area contributed by atoms with Gasteiger partial charge in [-0.3, -0.25) is 4.40 Å². The highest BCUT2D eigenvalue weighted by Gasteiger charge is 2.28. The van der Waals surface area contributed by atoms with Crippen LogP contribution in [0.3, 0.4) is 0 Å². The van der Waals surface area contributed by atoms with Crippen LogP contribution in [-0.2, 0) is 6.42 Å². The van der Waals surface area contributed by atoms with Crippen molar-refractivity contribution >= 4 is 23.3 Å². The molecule has 0 unspecified atom stereocenters. The van der Waals surface area contributed by atoms with Crippen molar-refractivity contribution in [2.24, 2.45) is 0 Å². The van der Waals surface area contributed by atoms with E-state index < -0.39 is 6.09 Å². The number of amides is 1. The maximum absolute atomic E-state index is 11.3. The lowest BCUT2D eigenvalue weighted by Crippen LogP contribution is -2.44. The number of likely N-dealkylation sites (tertiary alicyclic amines) is 1. The van der Waals surface area contributed by atoms with Gasteiger partial charge in [0.2, 0.25) is 0 Å². The van der Waals surface area contributed by atoms with Crippen LogP contribution in [0.2, 0.25) is 5.15 Å². The second kappa shape index (κ2) is 5.56. The molecule has 0 saturated carbocycles. The summed E-state index contributed by atoms with van der Waals surface area (Å²) in [5, 5.41) is 9.89. The van der Waals surface area contributed by atoms with E-state index in [1.54, 1.807) is 0 Å². The lowest BCUT2D eigenvalue weighted by molar-refractivity contribution is 0.106. The van der Waals surface area contributed by atoms with Gasteiger partial charge in [0.05, 0.1) is 5.69 Å². The molecular formula is C15H18ClN3O2. The third-order valence-corrected chi connectivity index (χ3v) is 4.55. The largest absolute Gasteiger partial charge is 0.465 e. The Morgan fingerprint density at radius 2 is 2.33 bits per heavy atom. The predicted octanol–water partition coefficient (Wildman–Crippen LogP) is 3.37. The molecule has 0 spiro atoms. The van der Waals surface area contributed by atoms with E-state index in [1.807, 2.05) is 29.7 Å². The van der Waals surface area contributed by atoms with Crippen molar-refractivity contribution < 1.29 is 9.90 Å². The topological polar surface area (TPSA) is 57.8 Å². The van der Waals surface area contributed by atoms with E-state index in [4.69, 9.17) is 11.6 Å². The minimum atomic E-state index is -0.851. The first-order valence-corrected chi connectivity index (χ1v) is 7.57. The number of fused-ring (bicyclic) bond motifs is 1. The molecule has 1 aliphatic rings. The molecule has 0 aliphatic carbocycles. The van der Waals surface area contributed by atoms with E-state index in [1.165, 1.54) is 4.90 Å². The zero-order chi connectivity index (χ0) is 15.0. The Kier molecular flexibility index (Phi) is 3.76. The summed E-state index contributed by atoms with van der Waals surface area (Å²) in [6.07, 6.45) is 4.47. The normalized spacial score (nSPS) is 19.1. The van der Waals surface area contributed by atoms with Crippen LogP contribution in [-0.4, -0.2) is 38.1 Å². The van der Waals surface area contributed by atoms with Crippen LogP contribution in [0.4, 0.5) is 4.79 Å². The highest BCUT2D eigenvalue weighted by atomic mass is 35.5. The summed E-state index contributed by atoms with van der Waals surface area (Å²) < 4.78 is 1.86. The van der Waals surface area contributed by atoms with Crippen LogP contribution in [0.15, 0.2) is 18.3 Å². The Hall–Kier alpha value is -1.75. The number of imidazole rings is 1. The molecule has 0 radical (unpaired) electrons. The van der Waals surface area contributed by atoms with Crippen molar-refractivity contribution in [1.29, 1.82) is 0 Å². The van der Waals surface area contributed by atoms with Crippen molar-refractivity contribution in [2.45, 2.75) is 38.6 Å². The monoisotopic (exact) mass is 307 g/mol. The summed E-state index contributed by atoms with van der Waals surface area (Å²) in [4.78, 5) is 17.5. The van der Waals surface area contributed by atoms with E-state index >= 15 is 0 Å². The van der Waals surface area contributed by atoms with Crippen molar-refractivity contribution in [1.82, 2.24) is 14.3 Å². The fourth-order valence-corrected chi connectivity index (χ4v) is 3.30. The van der Waals surface area contributed by atoms with Crippen LogP contribution in [0, 0.1) is 6.92 Å². The quantitative estimate of drug-likeness (QED) is 0.925. The van der Waals surface area contributed by atoms with Gasteiger partial charge in [0.15, 0.2) is 0 Å². The number of carboxylic acid groups (broad SMARTS) is 1. The third-order valence-electron chi connectivity index (χ3n) is 4.15. The molecule has 0 aromatic carbocycles. The smallest absolute Gasteiger partial charge is 0.407 e. The number of nitrogens with zero attached hydrogens (tertiary/aromatic N) is 3. The first-order chi connectivity index (χ1) is 10.1. The average Bonchev–Trinajstić information content (AvgIpc) is 2.78. The van der Waals surface area contributed by atoms with Crippen molar-refractivity contribution in [3.8, 4) is 0 Å². The van der Waals surface area contributed by atoms with E-state index in [0.29, 0.717) is 18.1 Å². The third kappa shape index (κ3) is 2.58. The van der Waals surface area contributed by atoms with Crippen LogP contribution in [0.25, 0.3) is 5.65 Å². The lowest BCUT2D eigenvalue weighted by Gasteiger charge is -2.33. The van der Waals surface area contributed by atoms with Gasteiger partial charge in [0.1, 0.15) is 10.8 Å². The maximum atomic E-state index is 11.3. The molecule has 2 aromatic rings. The lowest BCUT2D eigenvalue weighted by atomic mass is 9.99. The minimum Gasteiger partial charge on any atom is -0.465 e. The van der Waals surface area contributed by atoms with Crippen LogP contribution in [0.5, 0.6) is 0 Å². The fourth-order valence-electron chi connectivity index (χ4n) is 3.04. The van der Waals surface area contributed by atoms with Crippen molar-refractivity contribution in [2.75, 3.05) is 6.54 Å². The first-order valence-electron chi connectivity index (χ1n) is 7.19. The predicted molar refractivity (Wildman–Crippen MR) is 81.0 cm³/mol. The summed E-state index contributed by atoms with van der Waals surface area (Å²) in [6, 6.07) is 3.90. The van der Waals surface area contributed by atoms with Gasteiger partial charge in [-0.05, 0) is 37.8 Å². The minimum absolute atomic E-state index is 0.0287. The zero-order valence-corrected chi connectivity index (χ0v) is 12.7. The van der Waals surface area contributed by atoms with Gasteiger partial charge in [-0.25, -0.2) is 9.78 Å². The van der Waals surface area contributed by atoms with E-state index in [2.05, 4.69) is 4.98 Å². The Bertz CT molecular complexity index is 683. The highest BCUT2D eigenvalue weighted by molar-refractivity contribution is 6.30. The molecule has 1 fully saturated rings. The Labute approximate surface area is 128 Å². The van der Waals surface area contributed by atoms with Gasteiger partial charge >= 0.3 is 6.09 Å². The van der Waals surface area contributed by atoms with E-state index in [0.717, 1.165) is 36.2 Å². The van der Waals surface area contributed by atoms with Gasteiger partial charge < -0.3 is 10.0 Å². The molecule has 1 atom stereocenters. The fraction of sp³-hybridized carbons (Fsp3) is 0.467. The molecule has 6 heteroatoms. The number of rotatable bonds is 2. The van der Waals surface area contributed by atoms with Gasteiger partial charge in [0.25, 0.3) is 0 Å². The number of hydrogen-bond donors (Lipinski definition) is 1. The Morgan fingerprint density at radius 3 is 3.05 bits per heavy atom. The number of hydrogen-bond acceptors (Lipinski definition) is 2. The molecule has 1 N–H and O–H groups in total. The summed E-state index contributed by atoms with van der Waals surface area (Å²) in [5.41, 5.74) is 2.68. The van der Waals surface area contributed by atoms with E-state index in [9.17, 15) is 9.90 Å². The standard InChI is InChI=1S/C15H18ClN3O2/c1-10-5-4-8-19-13(16)12(17-14(10)19)9-11-6-2-3-7-18(11)15(20)21/h4-5,8,11H,2-3,6-7,9H2,1H3,(H,20,21)/t11-/m0/s1. The Morgan fingerprint density at radius 1 is 1.52 bits per heavy atom. The van der Waals surface area contributed by atoms with Crippen LogP contribution < -0.4 is 0 Å². The molecule has 2 aromatic heterocycles. The van der Waals surface area contributed by atoms with Crippen molar-refractivity contribution in [3.05, 3.63) is 34.7 Å². The highest BCUT2D eigenvalue weighted by Crippen LogP contribution is 2.26. The van der Waals surface area contributed by atoms with Gasteiger partial charge in [-0.2, -0.15) is 0 Å². The first kappa shape index (κ1) is 14.2. The molecule has 0 bridgehead atoms. The van der Waals surface area contributed by atoms with Crippen LogP contribution >= 0.6 is 11.6 Å². The molecular weight excluding hydrogens is 290 g/mol. The van der Waals surface area contributed by atoms with Crippen LogP contribution in [0.1, 0.15) is 30.5 Å². The summed E-state index contributed by atoms with van der Waals surface area (Å²) in [6.45, 7) is 2.59. The molecule has 3 heterocycles. The summed E-state index contributed by atoms with van der Waals surface area (Å²) in [5.74, 6) is 0. The van der Waals surface area contributed by atoms with Gasteiger partial charge in [-0.15, -0.1) is 0 Å². The molecule has 5 nitrogen and oxygen atoms in total. The maximum Gasteiger partial charge on any atom is 0.407 e. The molecule has 1 saturated heterocycles. The average molecular weight is 308 g/mol.